The van der Waals surface area contributed by atoms with Gasteiger partial charge in [0, 0.05) is 4.88 Å². The van der Waals surface area contributed by atoms with Crippen molar-refractivity contribution in [2.24, 2.45) is 0 Å². The third kappa shape index (κ3) is 4.05. The summed E-state index contributed by atoms with van der Waals surface area (Å²) in [5.74, 6) is -0.568. The molecule has 27 heavy (non-hydrogen) atoms. The van der Waals surface area contributed by atoms with Crippen LogP contribution in [0, 0.1) is 13.8 Å². The van der Waals surface area contributed by atoms with E-state index in [1.165, 1.54) is 18.4 Å². The number of rotatable bonds is 5. The zero-order chi connectivity index (χ0) is 19.6. The number of hydrogen-bond acceptors (Lipinski definition) is 7. The summed E-state index contributed by atoms with van der Waals surface area (Å²) in [4.78, 5) is 37.6. The van der Waals surface area contributed by atoms with Gasteiger partial charge in [-0.05, 0) is 51.2 Å². The summed E-state index contributed by atoms with van der Waals surface area (Å²) < 4.78 is 15.2. The number of nitrogens with one attached hydrogen (secondary N) is 1. The van der Waals surface area contributed by atoms with Gasteiger partial charge >= 0.3 is 11.9 Å². The van der Waals surface area contributed by atoms with Crippen LogP contribution in [-0.2, 0) is 27.1 Å². The maximum absolute atomic E-state index is 12.3. The molecule has 0 aliphatic heterocycles. The molecule has 8 heteroatoms. The number of thiophene rings is 1. The third-order valence-electron chi connectivity index (χ3n) is 4.41. The molecule has 0 aromatic carbocycles. The molecule has 1 N–H and O–H groups in total. The van der Waals surface area contributed by atoms with Crippen molar-refractivity contribution in [3.05, 3.63) is 39.2 Å². The summed E-state index contributed by atoms with van der Waals surface area (Å²) in [5.41, 5.74) is 1.66. The number of anilines is 1. The molecule has 1 aliphatic carbocycles. The zero-order valence-electron chi connectivity index (χ0n) is 15.5. The lowest BCUT2D eigenvalue weighted by atomic mass is 9.95. The summed E-state index contributed by atoms with van der Waals surface area (Å²) in [6.45, 7) is 2.93. The Labute approximate surface area is 160 Å². The summed E-state index contributed by atoms with van der Waals surface area (Å²) in [7, 11) is 1.32. The van der Waals surface area contributed by atoms with Gasteiger partial charge in [-0.2, -0.15) is 0 Å². The fourth-order valence-corrected chi connectivity index (χ4v) is 4.47. The Morgan fingerprint density at radius 2 is 1.93 bits per heavy atom. The molecule has 1 aliphatic rings. The largest absolute Gasteiger partial charge is 0.466 e. The molecule has 3 rings (SSSR count). The maximum Gasteiger partial charge on any atom is 0.342 e. The predicted octanol–water partition coefficient (Wildman–Crippen LogP) is 3.42. The molecule has 0 saturated carbocycles. The van der Waals surface area contributed by atoms with Crippen LogP contribution in [0.25, 0.3) is 0 Å². The average molecular weight is 391 g/mol. The molecule has 2 aromatic rings. The summed E-state index contributed by atoms with van der Waals surface area (Å²) in [5, 5.41) is 3.14. The normalized spacial score (nSPS) is 13.0. The number of methoxy groups -OCH3 is 1. The van der Waals surface area contributed by atoms with Gasteiger partial charge in [-0.15, -0.1) is 11.3 Å². The minimum atomic E-state index is -0.627. The molecule has 0 unspecified atom stereocenters. The van der Waals surface area contributed by atoms with Crippen LogP contribution in [0.4, 0.5) is 5.00 Å². The number of fused-ring (bicyclic) bond motifs is 1. The van der Waals surface area contributed by atoms with Gasteiger partial charge in [0.1, 0.15) is 22.1 Å². The highest BCUT2D eigenvalue weighted by molar-refractivity contribution is 7.17. The van der Waals surface area contributed by atoms with Gasteiger partial charge < -0.3 is 19.2 Å². The molecule has 0 radical (unpaired) electrons. The van der Waals surface area contributed by atoms with Gasteiger partial charge in [0.15, 0.2) is 6.61 Å². The lowest BCUT2D eigenvalue weighted by Crippen LogP contribution is -2.22. The van der Waals surface area contributed by atoms with Crippen molar-refractivity contribution >= 4 is 34.2 Å². The minimum absolute atomic E-state index is 0.294. The molecule has 2 heterocycles. The first-order chi connectivity index (χ1) is 12.9. The van der Waals surface area contributed by atoms with E-state index in [2.05, 4.69) is 5.32 Å². The van der Waals surface area contributed by atoms with Crippen molar-refractivity contribution in [2.75, 3.05) is 19.0 Å². The van der Waals surface area contributed by atoms with E-state index in [0.717, 1.165) is 36.1 Å². The van der Waals surface area contributed by atoms with Gasteiger partial charge in [0.25, 0.3) is 5.91 Å². The Bertz CT molecular complexity index is 894. The van der Waals surface area contributed by atoms with Crippen LogP contribution in [0.3, 0.4) is 0 Å². The van der Waals surface area contributed by atoms with E-state index in [1.807, 2.05) is 0 Å². The van der Waals surface area contributed by atoms with Crippen molar-refractivity contribution in [1.29, 1.82) is 0 Å². The summed E-state index contributed by atoms with van der Waals surface area (Å²) in [6, 6.07) is 1.57. The molecular weight excluding hydrogens is 370 g/mol. The second kappa shape index (κ2) is 7.96. The second-order valence-corrected chi connectivity index (χ2v) is 7.46. The molecule has 0 fully saturated rings. The molecular formula is C19H21NO6S. The van der Waals surface area contributed by atoms with Crippen molar-refractivity contribution in [3.63, 3.8) is 0 Å². The Morgan fingerprint density at radius 1 is 1.19 bits per heavy atom. The van der Waals surface area contributed by atoms with Crippen LogP contribution in [0.15, 0.2) is 10.5 Å². The molecule has 2 aromatic heterocycles. The fraction of sp³-hybridized carbons (Fsp3) is 0.421. The highest BCUT2D eigenvalue weighted by atomic mass is 32.1. The van der Waals surface area contributed by atoms with Crippen molar-refractivity contribution in [1.82, 2.24) is 0 Å². The SMILES string of the molecule is COC(=O)c1c(NC(=O)COC(=O)c2cc(C)oc2C)sc2c1CCCC2. The number of esters is 2. The van der Waals surface area contributed by atoms with Gasteiger partial charge in [0.05, 0.1) is 12.7 Å². The molecule has 0 atom stereocenters. The minimum Gasteiger partial charge on any atom is -0.466 e. The number of hydrogen-bond donors (Lipinski definition) is 1. The van der Waals surface area contributed by atoms with Crippen LogP contribution >= 0.6 is 11.3 Å². The van der Waals surface area contributed by atoms with E-state index in [1.54, 1.807) is 19.9 Å². The van der Waals surface area contributed by atoms with Crippen LogP contribution in [-0.4, -0.2) is 31.6 Å². The predicted molar refractivity (Wildman–Crippen MR) is 99.4 cm³/mol. The highest BCUT2D eigenvalue weighted by Gasteiger charge is 2.27. The van der Waals surface area contributed by atoms with Gasteiger partial charge in [-0.1, -0.05) is 0 Å². The van der Waals surface area contributed by atoms with E-state index >= 15 is 0 Å². The average Bonchev–Trinajstić information content (AvgIpc) is 3.17. The van der Waals surface area contributed by atoms with Crippen LogP contribution < -0.4 is 5.32 Å². The Kier molecular flexibility index (Phi) is 5.65. The monoisotopic (exact) mass is 391 g/mol. The first kappa shape index (κ1) is 19.2. The molecule has 0 spiro atoms. The summed E-state index contributed by atoms with van der Waals surface area (Å²) in [6.07, 6.45) is 3.74. The first-order valence-electron chi connectivity index (χ1n) is 8.67. The Balaban J connectivity index is 1.69. The maximum atomic E-state index is 12.3. The first-order valence-corrected chi connectivity index (χ1v) is 9.49. The van der Waals surface area contributed by atoms with Crippen LogP contribution in [0.5, 0.6) is 0 Å². The molecule has 0 bridgehead atoms. The molecule has 1 amide bonds. The van der Waals surface area contributed by atoms with Crippen molar-refractivity contribution in [3.8, 4) is 0 Å². The number of furan rings is 1. The highest BCUT2D eigenvalue weighted by Crippen LogP contribution is 2.38. The molecule has 144 valence electrons. The van der Waals surface area contributed by atoms with E-state index in [9.17, 15) is 14.4 Å². The number of amides is 1. The standard InChI is InChI=1S/C19H21NO6S/c1-10-8-13(11(2)26-10)18(22)25-9-15(21)20-17-16(19(23)24-3)12-6-4-5-7-14(12)27-17/h8H,4-7,9H2,1-3H3,(H,20,21). The van der Waals surface area contributed by atoms with E-state index < -0.39 is 24.5 Å². The Morgan fingerprint density at radius 3 is 2.59 bits per heavy atom. The Hall–Kier alpha value is -2.61. The van der Waals surface area contributed by atoms with E-state index in [-0.39, 0.29) is 0 Å². The lowest BCUT2D eigenvalue weighted by molar-refractivity contribution is -0.119. The van der Waals surface area contributed by atoms with Gasteiger partial charge in [-0.3, -0.25) is 4.79 Å². The number of aryl methyl sites for hydroxylation is 3. The van der Waals surface area contributed by atoms with Crippen LogP contribution in [0.2, 0.25) is 0 Å². The smallest absolute Gasteiger partial charge is 0.342 e. The topological polar surface area (TPSA) is 94.8 Å². The molecule has 7 nitrogen and oxygen atoms in total. The van der Waals surface area contributed by atoms with Crippen molar-refractivity contribution < 1.29 is 28.3 Å². The number of ether oxygens (including phenoxy) is 2. The third-order valence-corrected chi connectivity index (χ3v) is 5.62. The lowest BCUT2D eigenvalue weighted by Gasteiger charge is -2.11. The second-order valence-electron chi connectivity index (χ2n) is 6.36. The van der Waals surface area contributed by atoms with Crippen molar-refractivity contribution in [2.45, 2.75) is 39.5 Å². The van der Waals surface area contributed by atoms with Gasteiger partial charge in [-0.25, -0.2) is 9.59 Å². The fourth-order valence-electron chi connectivity index (χ4n) is 3.18. The van der Waals surface area contributed by atoms with Crippen LogP contribution in [0.1, 0.15) is 55.5 Å². The summed E-state index contributed by atoms with van der Waals surface area (Å²) >= 11 is 1.38. The number of carbonyl (C=O) groups is 3. The zero-order valence-corrected chi connectivity index (χ0v) is 16.3. The molecule has 0 saturated heterocycles. The van der Waals surface area contributed by atoms with Gasteiger partial charge in [0.2, 0.25) is 0 Å². The number of carbonyl (C=O) groups excluding carboxylic acids is 3. The quantitative estimate of drug-likeness (QED) is 0.785. The van der Waals surface area contributed by atoms with E-state index in [0.29, 0.717) is 27.6 Å². The van der Waals surface area contributed by atoms with E-state index in [4.69, 9.17) is 13.9 Å².